The fourth-order valence-corrected chi connectivity index (χ4v) is 2.63. The number of hydrogen-bond donors (Lipinski definition) is 0. The lowest BCUT2D eigenvalue weighted by Crippen LogP contribution is -2.06. The van der Waals surface area contributed by atoms with Crippen LogP contribution in [-0.2, 0) is 0 Å². The molecule has 0 unspecified atom stereocenters. The number of hydrogen-bond acceptors (Lipinski definition) is 3. The summed E-state index contributed by atoms with van der Waals surface area (Å²) in [6.45, 7) is 0. The molecule has 0 amide bonds. The molecule has 0 bridgehead atoms. The van der Waals surface area contributed by atoms with E-state index in [9.17, 15) is 0 Å². The van der Waals surface area contributed by atoms with Gasteiger partial charge in [-0.15, -0.1) is 11.3 Å². The van der Waals surface area contributed by atoms with Crippen molar-refractivity contribution >= 4 is 33.6 Å². The third-order valence-corrected chi connectivity index (χ3v) is 3.69. The lowest BCUT2D eigenvalue weighted by atomic mass is 10.1. The summed E-state index contributed by atoms with van der Waals surface area (Å²) in [4.78, 5) is 10.8. The highest BCUT2D eigenvalue weighted by Gasteiger charge is 2.04. The highest BCUT2D eigenvalue weighted by Crippen LogP contribution is 2.28. The molecule has 0 aliphatic heterocycles. The summed E-state index contributed by atoms with van der Waals surface area (Å²) in [5, 5.41) is 5.31. The predicted octanol–water partition coefficient (Wildman–Crippen LogP) is 4.18. The zero-order chi connectivity index (χ0) is 13.9. The van der Waals surface area contributed by atoms with Crippen LogP contribution in [0.25, 0.3) is 22.0 Å². The number of fused-ring (bicyclic) bond motifs is 1. The van der Waals surface area contributed by atoms with Crippen LogP contribution in [-0.4, -0.2) is 30.3 Å². The summed E-state index contributed by atoms with van der Waals surface area (Å²) in [6.07, 6.45) is 1.77. The molecule has 20 heavy (non-hydrogen) atoms. The minimum atomic E-state index is 0.779. The molecule has 2 aromatic carbocycles. The van der Waals surface area contributed by atoms with Gasteiger partial charge in [-0.25, -0.2) is 9.98 Å². The molecule has 100 valence electrons. The molecule has 3 nitrogen and oxygen atoms in total. The SMILES string of the molecule is CN(C)/C=N/c1nc(-c2ccc3ccccc3c2)cs1. The Morgan fingerprint density at radius 2 is 1.90 bits per heavy atom. The number of aromatic nitrogens is 1. The molecular formula is C16H15N3S. The van der Waals surface area contributed by atoms with E-state index in [0.29, 0.717) is 0 Å². The van der Waals surface area contributed by atoms with Gasteiger partial charge in [-0.1, -0.05) is 36.4 Å². The number of thiazole rings is 1. The normalized spacial score (nSPS) is 11.3. The first-order valence-corrected chi connectivity index (χ1v) is 7.26. The van der Waals surface area contributed by atoms with Crippen LogP contribution in [0.2, 0.25) is 0 Å². The quantitative estimate of drug-likeness (QED) is 0.532. The number of benzene rings is 2. The second-order valence-electron chi connectivity index (χ2n) is 4.79. The van der Waals surface area contributed by atoms with E-state index in [1.807, 2.05) is 24.4 Å². The Hall–Kier alpha value is -2.20. The van der Waals surface area contributed by atoms with Crippen LogP contribution >= 0.6 is 11.3 Å². The van der Waals surface area contributed by atoms with E-state index in [1.54, 1.807) is 17.7 Å². The van der Waals surface area contributed by atoms with Crippen molar-refractivity contribution in [3.05, 3.63) is 47.8 Å². The van der Waals surface area contributed by atoms with Crippen LogP contribution < -0.4 is 0 Å². The average Bonchev–Trinajstić information content (AvgIpc) is 2.93. The summed E-state index contributed by atoms with van der Waals surface area (Å²) in [5.41, 5.74) is 2.11. The molecule has 0 saturated heterocycles. The van der Waals surface area contributed by atoms with Gasteiger partial charge in [0.25, 0.3) is 0 Å². The first-order chi connectivity index (χ1) is 9.72. The first-order valence-electron chi connectivity index (χ1n) is 6.38. The van der Waals surface area contributed by atoms with Crippen molar-refractivity contribution in [2.75, 3.05) is 14.1 Å². The minimum Gasteiger partial charge on any atom is -0.369 e. The lowest BCUT2D eigenvalue weighted by Gasteiger charge is -2.01. The highest BCUT2D eigenvalue weighted by molar-refractivity contribution is 7.13. The van der Waals surface area contributed by atoms with Gasteiger partial charge in [0, 0.05) is 25.0 Å². The Morgan fingerprint density at radius 1 is 1.10 bits per heavy atom. The second kappa shape index (κ2) is 5.43. The van der Waals surface area contributed by atoms with Crippen LogP contribution in [0.15, 0.2) is 52.8 Å². The van der Waals surface area contributed by atoms with Crippen LogP contribution in [0.5, 0.6) is 0 Å². The molecule has 1 heterocycles. The van der Waals surface area contributed by atoms with Gasteiger partial charge >= 0.3 is 0 Å². The molecule has 0 saturated carbocycles. The van der Waals surface area contributed by atoms with Crippen molar-refractivity contribution < 1.29 is 0 Å². The van der Waals surface area contributed by atoms with Crippen molar-refractivity contribution in [3.63, 3.8) is 0 Å². The summed E-state index contributed by atoms with van der Waals surface area (Å²) in [6, 6.07) is 14.8. The van der Waals surface area contributed by atoms with Crippen LogP contribution in [0, 0.1) is 0 Å². The molecule has 0 radical (unpaired) electrons. The molecule has 3 rings (SSSR count). The Morgan fingerprint density at radius 3 is 2.70 bits per heavy atom. The molecule has 0 N–H and O–H groups in total. The molecule has 1 aromatic heterocycles. The smallest absolute Gasteiger partial charge is 0.211 e. The zero-order valence-corrected chi connectivity index (χ0v) is 12.3. The fraction of sp³-hybridized carbons (Fsp3) is 0.125. The maximum Gasteiger partial charge on any atom is 0.211 e. The van der Waals surface area contributed by atoms with Gasteiger partial charge in [0.1, 0.15) is 0 Å². The summed E-state index contributed by atoms with van der Waals surface area (Å²) in [5.74, 6) is 0. The monoisotopic (exact) mass is 281 g/mol. The van der Waals surface area contributed by atoms with E-state index in [-0.39, 0.29) is 0 Å². The van der Waals surface area contributed by atoms with Crippen molar-refractivity contribution in [1.29, 1.82) is 0 Å². The Labute approximate surface area is 122 Å². The van der Waals surface area contributed by atoms with Crippen molar-refractivity contribution in [2.24, 2.45) is 4.99 Å². The lowest BCUT2D eigenvalue weighted by molar-refractivity contribution is 0.643. The maximum absolute atomic E-state index is 4.55. The molecule has 0 aliphatic rings. The average molecular weight is 281 g/mol. The minimum absolute atomic E-state index is 0.779. The van der Waals surface area contributed by atoms with E-state index >= 15 is 0 Å². The van der Waals surface area contributed by atoms with E-state index in [1.165, 1.54) is 10.8 Å². The number of rotatable bonds is 3. The van der Waals surface area contributed by atoms with E-state index in [0.717, 1.165) is 16.4 Å². The van der Waals surface area contributed by atoms with E-state index in [4.69, 9.17) is 0 Å². The van der Waals surface area contributed by atoms with E-state index < -0.39 is 0 Å². The molecule has 4 heteroatoms. The summed E-state index contributed by atoms with van der Waals surface area (Å²) in [7, 11) is 3.89. The molecular weight excluding hydrogens is 266 g/mol. The van der Waals surface area contributed by atoms with Crippen molar-refractivity contribution in [2.45, 2.75) is 0 Å². The second-order valence-corrected chi connectivity index (χ2v) is 5.62. The van der Waals surface area contributed by atoms with E-state index in [2.05, 4.69) is 52.4 Å². The predicted molar refractivity (Wildman–Crippen MR) is 86.9 cm³/mol. The summed E-state index contributed by atoms with van der Waals surface area (Å²) < 4.78 is 0. The maximum atomic E-state index is 4.55. The van der Waals surface area contributed by atoms with Crippen LogP contribution in [0.3, 0.4) is 0 Å². The molecule has 0 fully saturated rings. The fourth-order valence-electron chi connectivity index (χ4n) is 1.97. The van der Waals surface area contributed by atoms with Gasteiger partial charge in [-0.3, -0.25) is 0 Å². The zero-order valence-electron chi connectivity index (χ0n) is 11.4. The molecule has 0 aliphatic carbocycles. The first kappa shape index (κ1) is 12.8. The number of aliphatic imine (C=N–C) groups is 1. The number of nitrogens with zero attached hydrogens (tertiary/aromatic N) is 3. The van der Waals surface area contributed by atoms with Crippen molar-refractivity contribution in [1.82, 2.24) is 9.88 Å². The molecule has 3 aromatic rings. The highest BCUT2D eigenvalue weighted by atomic mass is 32.1. The van der Waals surface area contributed by atoms with Crippen molar-refractivity contribution in [3.8, 4) is 11.3 Å². The topological polar surface area (TPSA) is 28.5 Å². The Kier molecular flexibility index (Phi) is 3.48. The van der Waals surface area contributed by atoms with Gasteiger partial charge in [0.05, 0.1) is 12.0 Å². The van der Waals surface area contributed by atoms with Crippen LogP contribution in [0.1, 0.15) is 0 Å². The Bertz CT molecular complexity index is 759. The Balaban J connectivity index is 1.94. The van der Waals surface area contributed by atoms with Gasteiger partial charge in [-0.2, -0.15) is 0 Å². The third kappa shape index (κ3) is 2.70. The van der Waals surface area contributed by atoms with Gasteiger partial charge in [0.15, 0.2) is 0 Å². The summed E-state index contributed by atoms with van der Waals surface area (Å²) >= 11 is 1.56. The molecule has 0 spiro atoms. The van der Waals surface area contributed by atoms with Gasteiger partial charge < -0.3 is 4.90 Å². The molecule has 0 atom stereocenters. The van der Waals surface area contributed by atoms with Gasteiger partial charge in [-0.05, 0) is 16.8 Å². The standard InChI is InChI=1S/C16H15N3S/c1-19(2)11-17-16-18-15(10-20-16)14-8-7-12-5-3-4-6-13(12)9-14/h3-11H,1-2H3/b17-11+. The van der Waals surface area contributed by atoms with Gasteiger partial charge in [0.2, 0.25) is 5.13 Å². The third-order valence-electron chi connectivity index (χ3n) is 2.94. The largest absolute Gasteiger partial charge is 0.369 e. The van der Waals surface area contributed by atoms with Crippen LogP contribution in [0.4, 0.5) is 5.13 Å².